The van der Waals surface area contributed by atoms with Crippen LogP contribution in [0.5, 0.6) is 5.75 Å². The zero-order valence-corrected chi connectivity index (χ0v) is 18.2. The molecule has 0 saturated heterocycles. The lowest BCUT2D eigenvalue weighted by molar-refractivity contribution is 0.446. The van der Waals surface area contributed by atoms with Gasteiger partial charge in [-0.3, -0.25) is 0 Å². The fourth-order valence-corrected chi connectivity index (χ4v) is 3.92. The van der Waals surface area contributed by atoms with Gasteiger partial charge in [0.25, 0.3) is 0 Å². The van der Waals surface area contributed by atoms with Crippen molar-refractivity contribution in [2.45, 2.75) is 20.3 Å². The number of ether oxygens (including phenoxy) is 1. The molecule has 0 radical (unpaired) electrons. The summed E-state index contributed by atoms with van der Waals surface area (Å²) >= 11 is 0. The summed E-state index contributed by atoms with van der Waals surface area (Å²) in [7, 11) is 0. The van der Waals surface area contributed by atoms with Crippen molar-refractivity contribution in [3.8, 4) is 5.75 Å². The smallest absolute Gasteiger partial charge is 0.135 e. The molecule has 0 N–H and O–H groups in total. The van der Waals surface area contributed by atoms with Crippen LogP contribution in [0.3, 0.4) is 0 Å². The average molecular weight is 405 g/mol. The molecule has 2 aromatic carbocycles. The first-order valence-corrected chi connectivity index (χ1v) is 10.8. The van der Waals surface area contributed by atoms with Crippen LogP contribution in [0.4, 0.5) is 0 Å². The van der Waals surface area contributed by atoms with Gasteiger partial charge < -0.3 is 4.74 Å². The second kappa shape index (κ2) is 9.95. The summed E-state index contributed by atoms with van der Waals surface area (Å²) in [5, 5.41) is 0. The van der Waals surface area contributed by atoms with E-state index in [0.29, 0.717) is 0 Å². The highest BCUT2D eigenvalue weighted by Crippen LogP contribution is 2.34. The molecule has 1 heteroatoms. The zero-order chi connectivity index (χ0) is 21.5. The van der Waals surface area contributed by atoms with E-state index in [1.54, 1.807) is 0 Å². The van der Waals surface area contributed by atoms with Gasteiger partial charge in [-0.25, -0.2) is 0 Å². The van der Waals surface area contributed by atoms with Crippen LogP contribution in [-0.4, -0.2) is 0 Å². The van der Waals surface area contributed by atoms with E-state index in [1.165, 1.54) is 16.7 Å². The quantitative estimate of drug-likeness (QED) is 0.350. The predicted octanol–water partition coefficient (Wildman–Crippen LogP) is 8.00. The topological polar surface area (TPSA) is 9.23 Å². The van der Waals surface area contributed by atoms with E-state index < -0.39 is 0 Å². The van der Waals surface area contributed by atoms with Crippen LogP contribution in [0.15, 0.2) is 138 Å². The maximum absolute atomic E-state index is 6.50. The van der Waals surface area contributed by atoms with Gasteiger partial charge in [0.1, 0.15) is 11.5 Å². The van der Waals surface area contributed by atoms with E-state index in [1.807, 2.05) is 30.3 Å². The maximum atomic E-state index is 6.50. The Kier molecular flexibility index (Phi) is 6.64. The molecule has 0 heterocycles. The molecular weight excluding hydrogens is 376 g/mol. The summed E-state index contributed by atoms with van der Waals surface area (Å²) in [4.78, 5) is 0. The molecule has 1 unspecified atom stereocenters. The standard InChI is InChI=1S/C30H28O/c1-23(2)28-20-12-11-13-24(28)21-22-29(31-27-18-7-4-8-19-27)30(26-16-9-10-17-26)25-14-5-3-6-15-25/h3-16,18-22,24H,17H2,1-2H3. The minimum absolute atomic E-state index is 0.233. The van der Waals surface area contributed by atoms with Gasteiger partial charge in [0.15, 0.2) is 0 Å². The molecule has 4 rings (SSSR count). The van der Waals surface area contributed by atoms with Crippen LogP contribution in [0.1, 0.15) is 25.8 Å². The number of benzene rings is 2. The molecule has 31 heavy (non-hydrogen) atoms. The minimum atomic E-state index is 0.233. The highest BCUT2D eigenvalue weighted by Gasteiger charge is 2.17. The monoisotopic (exact) mass is 404 g/mol. The van der Waals surface area contributed by atoms with Gasteiger partial charge in [-0.1, -0.05) is 103 Å². The number of allylic oxidation sites excluding steroid dienone is 13. The van der Waals surface area contributed by atoms with E-state index in [-0.39, 0.29) is 5.92 Å². The van der Waals surface area contributed by atoms with Gasteiger partial charge in [0, 0.05) is 11.5 Å². The van der Waals surface area contributed by atoms with Crippen LogP contribution in [0, 0.1) is 5.92 Å². The fourth-order valence-electron chi connectivity index (χ4n) is 3.92. The molecule has 2 aromatic rings. The lowest BCUT2D eigenvalue weighted by atomic mass is 9.90. The van der Waals surface area contributed by atoms with Crippen LogP contribution in [0.25, 0.3) is 5.57 Å². The first-order valence-electron chi connectivity index (χ1n) is 10.8. The molecule has 1 atom stereocenters. The summed E-state index contributed by atoms with van der Waals surface area (Å²) in [5.74, 6) is 1.93. The Labute approximate surface area is 185 Å². The van der Waals surface area contributed by atoms with Crippen LogP contribution in [-0.2, 0) is 0 Å². The molecule has 2 aliphatic rings. The third-order valence-electron chi connectivity index (χ3n) is 5.47. The summed E-state index contributed by atoms with van der Waals surface area (Å²) in [6.45, 7) is 4.34. The van der Waals surface area contributed by atoms with Crippen molar-refractivity contribution in [3.63, 3.8) is 0 Å². The van der Waals surface area contributed by atoms with Crippen molar-refractivity contribution < 1.29 is 4.74 Å². The lowest BCUT2D eigenvalue weighted by Gasteiger charge is -2.18. The normalized spacial score (nSPS) is 18.3. The highest BCUT2D eigenvalue weighted by molar-refractivity contribution is 5.83. The van der Waals surface area contributed by atoms with Gasteiger partial charge in [0.2, 0.25) is 0 Å². The summed E-state index contributed by atoms with van der Waals surface area (Å²) < 4.78 is 6.50. The molecule has 0 aliphatic heterocycles. The van der Waals surface area contributed by atoms with Gasteiger partial charge in [-0.15, -0.1) is 0 Å². The Morgan fingerprint density at radius 3 is 2.32 bits per heavy atom. The highest BCUT2D eigenvalue weighted by atomic mass is 16.5. The largest absolute Gasteiger partial charge is 0.457 e. The predicted molar refractivity (Wildman–Crippen MR) is 132 cm³/mol. The second-order valence-corrected chi connectivity index (χ2v) is 7.93. The van der Waals surface area contributed by atoms with Crippen molar-refractivity contribution in [2.75, 3.05) is 0 Å². The summed E-state index contributed by atoms with van der Waals surface area (Å²) in [5.41, 5.74) is 6.23. The molecule has 1 nitrogen and oxygen atoms in total. The van der Waals surface area contributed by atoms with Crippen LogP contribution in [0.2, 0.25) is 0 Å². The SMILES string of the molecule is CC(C)=C1C=CC=CC1C=CC(Oc1ccccc1)=C(C1=CC=CC1)c1ccccc1. The fraction of sp³-hybridized carbons (Fsp3) is 0.133. The Morgan fingerprint density at radius 2 is 1.65 bits per heavy atom. The molecule has 2 aliphatic carbocycles. The van der Waals surface area contributed by atoms with E-state index in [4.69, 9.17) is 4.74 Å². The molecule has 0 bridgehead atoms. The van der Waals surface area contributed by atoms with Gasteiger partial charge in [-0.2, -0.15) is 0 Å². The average Bonchev–Trinajstić information content (AvgIpc) is 3.33. The molecule has 0 amide bonds. The number of hydrogen-bond acceptors (Lipinski definition) is 1. The van der Waals surface area contributed by atoms with E-state index in [2.05, 4.69) is 98.9 Å². The Hall–Kier alpha value is -3.58. The summed E-state index contributed by atoms with van der Waals surface area (Å²) in [6.07, 6.45) is 20.5. The molecule has 0 aromatic heterocycles. The lowest BCUT2D eigenvalue weighted by Crippen LogP contribution is -2.04. The molecule has 154 valence electrons. The van der Waals surface area contributed by atoms with E-state index in [0.717, 1.165) is 29.1 Å². The maximum Gasteiger partial charge on any atom is 0.135 e. The van der Waals surface area contributed by atoms with Crippen molar-refractivity contribution in [1.29, 1.82) is 0 Å². The number of rotatable bonds is 6. The van der Waals surface area contributed by atoms with Gasteiger partial charge in [0.05, 0.1) is 0 Å². The first-order chi connectivity index (χ1) is 15.2. The third-order valence-corrected chi connectivity index (χ3v) is 5.47. The van der Waals surface area contributed by atoms with Crippen molar-refractivity contribution in [2.24, 2.45) is 5.92 Å². The number of para-hydroxylation sites is 1. The van der Waals surface area contributed by atoms with E-state index >= 15 is 0 Å². The first kappa shape index (κ1) is 20.7. The molecule has 0 fully saturated rings. The molecular formula is C30H28O. The minimum Gasteiger partial charge on any atom is -0.457 e. The van der Waals surface area contributed by atoms with E-state index in [9.17, 15) is 0 Å². The van der Waals surface area contributed by atoms with Crippen molar-refractivity contribution in [1.82, 2.24) is 0 Å². The Balaban J connectivity index is 1.82. The third kappa shape index (κ3) is 5.13. The van der Waals surface area contributed by atoms with Crippen molar-refractivity contribution >= 4 is 5.57 Å². The second-order valence-electron chi connectivity index (χ2n) is 7.93. The van der Waals surface area contributed by atoms with Crippen LogP contribution < -0.4 is 4.74 Å². The van der Waals surface area contributed by atoms with Crippen LogP contribution >= 0.6 is 0 Å². The zero-order valence-electron chi connectivity index (χ0n) is 18.2. The Bertz CT molecular complexity index is 1120. The summed E-state index contributed by atoms with van der Waals surface area (Å²) in [6, 6.07) is 20.5. The van der Waals surface area contributed by atoms with Crippen molar-refractivity contribution in [3.05, 3.63) is 143 Å². The van der Waals surface area contributed by atoms with Gasteiger partial charge >= 0.3 is 0 Å². The van der Waals surface area contributed by atoms with Gasteiger partial charge in [-0.05, 0) is 55.2 Å². The number of hydrogen-bond donors (Lipinski definition) is 0. The molecule has 0 saturated carbocycles. The Morgan fingerprint density at radius 1 is 0.903 bits per heavy atom. The molecule has 0 spiro atoms.